The molecule has 0 bridgehead atoms. The first kappa shape index (κ1) is 22.7. The first-order valence-corrected chi connectivity index (χ1v) is 12.2. The van der Waals surface area contributed by atoms with Crippen molar-refractivity contribution in [1.82, 2.24) is 9.55 Å². The molecule has 1 aliphatic rings. The van der Waals surface area contributed by atoms with Gasteiger partial charge in [0.1, 0.15) is 12.2 Å². The smallest absolute Gasteiger partial charge is 0.330 e. The van der Waals surface area contributed by atoms with Crippen molar-refractivity contribution in [2.75, 3.05) is 13.2 Å². The van der Waals surface area contributed by atoms with E-state index in [4.69, 9.17) is 13.9 Å². The van der Waals surface area contributed by atoms with E-state index in [1.165, 1.54) is 19.2 Å². The summed E-state index contributed by atoms with van der Waals surface area (Å²) in [6.45, 7) is 15.8. The van der Waals surface area contributed by atoms with E-state index in [0.29, 0.717) is 0 Å². The summed E-state index contributed by atoms with van der Waals surface area (Å²) in [5.41, 5.74) is -3.32. The Kier molecular flexibility index (Phi) is 6.54. The van der Waals surface area contributed by atoms with Crippen LogP contribution in [0, 0.1) is 0 Å². The Bertz CT molecular complexity index is 812. The molecule has 0 radical (unpaired) electrons. The van der Waals surface area contributed by atoms with Crippen molar-refractivity contribution in [2.24, 2.45) is 0 Å². The van der Waals surface area contributed by atoms with Gasteiger partial charge in [0.25, 0.3) is 5.56 Å². The van der Waals surface area contributed by atoms with Crippen LogP contribution in [0.3, 0.4) is 0 Å². The fourth-order valence-corrected chi connectivity index (χ4v) is 3.91. The molecule has 2 heterocycles. The average Bonchev–Trinajstić information content (AvgIpc) is 2.80. The van der Waals surface area contributed by atoms with Gasteiger partial charge in [0.15, 0.2) is 20.2 Å². The number of H-pyrrole nitrogens is 1. The molecule has 9 heteroatoms. The van der Waals surface area contributed by atoms with E-state index in [0.717, 1.165) is 10.6 Å². The van der Waals surface area contributed by atoms with Gasteiger partial charge in [0, 0.05) is 12.3 Å². The van der Waals surface area contributed by atoms with E-state index in [-0.39, 0.29) is 18.3 Å². The zero-order valence-corrected chi connectivity index (χ0v) is 18.5. The van der Waals surface area contributed by atoms with Crippen LogP contribution in [0.1, 0.15) is 33.9 Å². The van der Waals surface area contributed by atoms with Crippen LogP contribution in [-0.2, 0) is 13.9 Å². The third-order valence-corrected chi connectivity index (χ3v) is 10.1. The number of hydrogen-bond acceptors (Lipinski definition) is 5. The van der Waals surface area contributed by atoms with E-state index in [1.807, 2.05) is 0 Å². The third kappa shape index (κ3) is 4.53. The summed E-state index contributed by atoms with van der Waals surface area (Å²) in [6, 6.07) is 1.15. The minimum absolute atomic E-state index is 0.0165. The zero-order chi connectivity index (χ0) is 21.3. The lowest BCUT2D eigenvalue weighted by molar-refractivity contribution is -0.0597. The average molecular weight is 415 g/mol. The number of alkyl halides is 1. The summed E-state index contributed by atoms with van der Waals surface area (Å²) in [7, 11) is -2.09. The summed E-state index contributed by atoms with van der Waals surface area (Å²) in [5, 5.41) is -0.0165. The standard InChI is InChI=1S/C19H31FN2O5Si/c1-8-11-25-15-13(12-26-28(6,7)18(2,3)4)27-16(19(15,5)20)22-10-9-14(23)21-17(22)24/h8-10,13,15-16H,1,11-12H2,2-7H3,(H,21,23,24)/t13?,15-,16-,19-/m1/s1. The highest BCUT2D eigenvalue weighted by molar-refractivity contribution is 6.74. The molecule has 1 unspecified atom stereocenters. The molecule has 2 rings (SSSR count). The van der Waals surface area contributed by atoms with Gasteiger partial charge in [-0.15, -0.1) is 6.58 Å². The van der Waals surface area contributed by atoms with Gasteiger partial charge >= 0.3 is 5.69 Å². The maximum atomic E-state index is 15.8. The summed E-state index contributed by atoms with van der Waals surface area (Å²) >= 11 is 0. The maximum absolute atomic E-state index is 15.8. The van der Waals surface area contributed by atoms with Crippen LogP contribution in [0.15, 0.2) is 34.5 Å². The molecule has 1 saturated heterocycles. The Balaban J connectivity index is 2.32. The highest BCUT2D eigenvalue weighted by atomic mass is 28.4. The van der Waals surface area contributed by atoms with Crippen molar-refractivity contribution in [2.45, 2.75) is 69.9 Å². The molecule has 0 amide bonds. The Hall–Kier alpha value is -1.55. The predicted octanol–water partition coefficient (Wildman–Crippen LogP) is 2.76. The van der Waals surface area contributed by atoms with E-state index in [9.17, 15) is 9.59 Å². The van der Waals surface area contributed by atoms with Gasteiger partial charge in [0.2, 0.25) is 0 Å². The van der Waals surface area contributed by atoms with Crippen LogP contribution in [0.25, 0.3) is 0 Å². The van der Waals surface area contributed by atoms with Crippen molar-refractivity contribution in [3.63, 3.8) is 0 Å². The molecular formula is C19H31FN2O5Si. The van der Waals surface area contributed by atoms with Crippen LogP contribution in [-0.4, -0.2) is 49.0 Å². The number of nitrogens with zero attached hydrogens (tertiary/aromatic N) is 1. The van der Waals surface area contributed by atoms with Crippen molar-refractivity contribution in [1.29, 1.82) is 0 Å². The quantitative estimate of drug-likeness (QED) is 0.548. The Morgan fingerprint density at radius 1 is 1.43 bits per heavy atom. The Labute approximate surface area is 165 Å². The van der Waals surface area contributed by atoms with E-state index >= 15 is 4.39 Å². The monoisotopic (exact) mass is 414 g/mol. The van der Waals surface area contributed by atoms with Crippen LogP contribution in [0.4, 0.5) is 4.39 Å². The van der Waals surface area contributed by atoms with Crippen molar-refractivity contribution in [3.05, 3.63) is 45.8 Å². The number of nitrogens with one attached hydrogen (secondary N) is 1. The van der Waals surface area contributed by atoms with Crippen molar-refractivity contribution < 1.29 is 18.3 Å². The second-order valence-electron chi connectivity index (χ2n) is 8.81. The molecule has 0 spiro atoms. The normalized spacial score (nSPS) is 28.5. The maximum Gasteiger partial charge on any atom is 0.330 e. The molecule has 0 saturated carbocycles. The molecule has 1 N–H and O–H groups in total. The molecule has 4 atom stereocenters. The molecule has 1 aliphatic heterocycles. The van der Waals surface area contributed by atoms with Crippen LogP contribution in [0.5, 0.6) is 0 Å². The number of halogens is 1. The molecule has 1 fully saturated rings. The minimum atomic E-state index is -2.09. The van der Waals surface area contributed by atoms with Gasteiger partial charge in [-0.3, -0.25) is 14.3 Å². The third-order valence-electron chi connectivity index (χ3n) is 5.59. The van der Waals surface area contributed by atoms with Gasteiger partial charge in [-0.25, -0.2) is 9.18 Å². The fourth-order valence-electron chi connectivity index (χ4n) is 2.90. The lowest BCUT2D eigenvalue weighted by Crippen LogP contribution is -2.47. The molecule has 28 heavy (non-hydrogen) atoms. The van der Waals surface area contributed by atoms with E-state index < -0.39 is 43.7 Å². The number of ether oxygens (including phenoxy) is 2. The highest BCUT2D eigenvalue weighted by Gasteiger charge is 2.57. The van der Waals surface area contributed by atoms with Crippen LogP contribution in [0.2, 0.25) is 18.1 Å². The predicted molar refractivity (Wildman–Crippen MR) is 108 cm³/mol. The van der Waals surface area contributed by atoms with E-state index in [1.54, 1.807) is 0 Å². The molecule has 0 aromatic carbocycles. The number of aromatic nitrogens is 2. The molecule has 1 aromatic heterocycles. The number of aromatic amines is 1. The topological polar surface area (TPSA) is 82.6 Å². The van der Waals surface area contributed by atoms with Crippen LogP contribution < -0.4 is 11.2 Å². The number of hydrogen-bond donors (Lipinski definition) is 1. The molecule has 1 aromatic rings. The van der Waals surface area contributed by atoms with Gasteiger partial charge in [-0.05, 0) is 25.1 Å². The second kappa shape index (κ2) is 8.06. The first-order valence-electron chi connectivity index (χ1n) is 9.33. The molecule has 7 nitrogen and oxygen atoms in total. The molecule has 0 aliphatic carbocycles. The zero-order valence-electron chi connectivity index (χ0n) is 17.5. The number of rotatable bonds is 7. The lowest BCUT2D eigenvalue weighted by Gasteiger charge is -2.37. The summed E-state index contributed by atoms with van der Waals surface area (Å²) in [6.07, 6.45) is -0.168. The van der Waals surface area contributed by atoms with E-state index in [2.05, 4.69) is 45.4 Å². The van der Waals surface area contributed by atoms with Crippen molar-refractivity contribution >= 4 is 8.32 Å². The Morgan fingerprint density at radius 2 is 2.07 bits per heavy atom. The van der Waals surface area contributed by atoms with Gasteiger partial charge in [-0.2, -0.15) is 0 Å². The highest BCUT2D eigenvalue weighted by Crippen LogP contribution is 2.43. The Morgan fingerprint density at radius 3 is 2.61 bits per heavy atom. The lowest BCUT2D eigenvalue weighted by atomic mass is 9.98. The SMILES string of the molecule is C=CCO[C@@H]1C(CO[Si](C)(C)C(C)(C)C)O[C@@H](n2ccc(=O)[nH]c2=O)[C@]1(C)F. The summed E-state index contributed by atoms with van der Waals surface area (Å²) in [5.74, 6) is 0. The minimum Gasteiger partial charge on any atom is -0.414 e. The molecular weight excluding hydrogens is 383 g/mol. The summed E-state index contributed by atoms with van der Waals surface area (Å²) in [4.78, 5) is 25.6. The van der Waals surface area contributed by atoms with Gasteiger partial charge in [0.05, 0.1) is 13.2 Å². The van der Waals surface area contributed by atoms with Gasteiger partial charge < -0.3 is 13.9 Å². The largest absolute Gasteiger partial charge is 0.414 e. The second-order valence-corrected chi connectivity index (χ2v) is 13.6. The fraction of sp³-hybridized carbons (Fsp3) is 0.684. The first-order chi connectivity index (χ1) is 12.8. The summed E-state index contributed by atoms with van der Waals surface area (Å²) < 4.78 is 34.6. The van der Waals surface area contributed by atoms with Crippen molar-refractivity contribution in [3.8, 4) is 0 Å². The molecule has 158 valence electrons. The van der Waals surface area contributed by atoms with Crippen LogP contribution >= 0.6 is 0 Å². The van der Waals surface area contributed by atoms with Gasteiger partial charge in [-0.1, -0.05) is 26.8 Å².